The lowest BCUT2D eigenvalue weighted by Crippen LogP contribution is -2.53. The van der Waals surface area contributed by atoms with Gasteiger partial charge in [0.2, 0.25) is 0 Å². The third-order valence-electron chi connectivity index (χ3n) is 5.03. The van der Waals surface area contributed by atoms with Crippen molar-refractivity contribution in [3.05, 3.63) is 0 Å². The smallest absolute Gasteiger partial charge is 0.177 e. The zero-order chi connectivity index (χ0) is 32.6. The average molecular weight is 740 g/mol. The summed E-state index contributed by atoms with van der Waals surface area (Å²) < 4.78 is 39.9. The van der Waals surface area contributed by atoms with Crippen molar-refractivity contribution < 1.29 is 26.6 Å². The first-order valence-electron chi connectivity index (χ1n) is 14.8. The van der Waals surface area contributed by atoms with Crippen LogP contribution >= 0.6 is 31.4 Å². The van der Waals surface area contributed by atoms with Crippen LogP contribution in [0.5, 0.6) is 0 Å². The lowest BCUT2D eigenvalue weighted by Gasteiger charge is -2.39. The Hall–Kier alpha value is 2.11. The van der Waals surface area contributed by atoms with E-state index in [0.717, 1.165) is 0 Å². The number of hydrogen-bond acceptors (Lipinski definition) is 9. The number of rotatable bonds is 16. The molecule has 0 aliphatic carbocycles. The van der Waals surface area contributed by atoms with Crippen LogP contribution in [0.3, 0.4) is 0 Å². The van der Waals surface area contributed by atoms with E-state index in [1.54, 1.807) is 0 Å². The molecule has 0 aliphatic rings. The van der Waals surface area contributed by atoms with Gasteiger partial charge in [0.05, 0.1) is 7.23 Å². The summed E-state index contributed by atoms with van der Waals surface area (Å²) in [5.41, 5.74) is -0.999. The van der Waals surface area contributed by atoms with Gasteiger partial charge in [-0.2, -0.15) is 0 Å². The molecular weight excluding hydrogens is 673 g/mol. The fourth-order valence-corrected chi connectivity index (χ4v) is 29.3. The Labute approximate surface area is 280 Å². The summed E-state index contributed by atoms with van der Waals surface area (Å²) in [6.45, 7) is 39.0. The standard InChI is InChI=1S/C26H66O6S3Si6/c1-19(2,3)27-36-25(37-28-20(4,5)6,38-29-21(7,8)9)33-35-34-26(39-30-22(10,11)12,40-31-23(13,14)15)41-32-24(16,17)18/h36-41H2,1-18H3. The molecule has 0 bridgehead atoms. The van der Waals surface area contributed by atoms with Crippen LogP contribution in [0.1, 0.15) is 125 Å². The summed E-state index contributed by atoms with van der Waals surface area (Å²) in [6.07, 6.45) is 0. The van der Waals surface area contributed by atoms with Crippen LogP contribution in [0.25, 0.3) is 0 Å². The SMILES string of the molecule is CC(C)(C)O[SiH2]C([SiH2]OC(C)(C)C)([SiH2]OC(C)(C)C)SSSC([SiH2]OC(C)(C)C)([SiH2]OC(C)(C)C)[SiH2]OC(C)(C)C. The lowest BCUT2D eigenvalue weighted by molar-refractivity contribution is 0.120. The molecule has 0 saturated carbocycles. The van der Waals surface area contributed by atoms with E-state index in [1.165, 1.54) is 0 Å². The van der Waals surface area contributed by atoms with Crippen molar-refractivity contribution in [1.29, 1.82) is 0 Å². The van der Waals surface area contributed by atoms with Gasteiger partial charge in [-0.1, -0.05) is 21.6 Å². The van der Waals surface area contributed by atoms with Crippen LogP contribution in [0.2, 0.25) is 0 Å². The van der Waals surface area contributed by atoms with Gasteiger partial charge in [0.15, 0.2) is 58.6 Å². The molecule has 0 aromatic carbocycles. The van der Waals surface area contributed by atoms with Crippen molar-refractivity contribution in [3.63, 3.8) is 0 Å². The van der Waals surface area contributed by atoms with Gasteiger partial charge in [-0.05, 0) is 134 Å². The van der Waals surface area contributed by atoms with Gasteiger partial charge in [0.25, 0.3) is 0 Å². The van der Waals surface area contributed by atoms with E-state index in [2.05, 4.69) is 125 Å². The van der Waals surface area contributed by atoms with Crippen LogP contribution < -0.4 is 0 Å². The third kappa shape index (κ3) is 24.9. The van der Waals surface area contributed by atoms with Crippen LogP contribution in [-0.4, -0.2) is 99.4 Å². The minimum absolute atomic E-state index is 0.0164. The zero-order valence-corrected chi connectivity index (χ0v) is 40.9. The van der Waals surface area contributed by atoms with E-state index in [4.69, 9.17) is 26.6 Å². The first-order chi connectivity index (χ1) is 17.9. The van der Waals surface area contributed by atoms with Crippen molar-refractivity contribution in [2.24, 2.45) is 0 Å². The Morgan fingerprint density at radius 1 is 0.293 bits per heavy atom. The highest BCUT2D eigenvalue weighted by Crippen LogP contribution is 2.49. The molecule has 0 saturated heterocycles. The van der Waals surface area contributed by atoms with Crippen molar-refractivity contribution in [2.75, 3.05) is 0 Å². The molecule has 0 aromatic heterocycles. The normalized spacial score (nSPS) is 19.2. The largest absolute Gasteiger partial charge is 0.418 e. The maximum absolute atomic E-state index is 6.64. The molecule has 0 rings (SSSR count). The van der Waals surface area contributed by atoms with E-state index in [1.807, 2.05) is 31.4 Å². The Morgan fingerprint density at radius 3 is 0.561 bits per heavy atom. The van der Waals surface area contributed by atoms with E-state index in [0.29, 0.717) is 0 Å². The molecule has 0 fully saturated rings. The quantitative estimate of drug-likeness (QED) is 0.175. The van der Waals surface area contributed by atoms with Gasteiger partial charge in [0.1, 0.15) is 0 Å². The summed E-state index contributed by atoms with van der Waals surface area (Å²) in [5.74, 6) is 0. The molecule has 15 heteroatoms. The first-order valence-corrected chi connectivity index (χ1v) is 26.0. The molecule has 0 radical (unpaired) electrons. The first kappa shape index (κ1) is 43.1. The molecule has 0 amide bonds. The topological polar surface area (TPSA) is 55.4 Å². The Balaban J connectivity index is 6.34. The van der Waals surface area contributed by atoms with Crippen molar-refractivity contribution in [3.8, 4) is 0 Å². The second kappa shape index (κ2) is 16.8. The fraction of sp³-hybridized carbons (Fsp3) is 1.00. The van der Waals surface area contributed by atoms with E-state index in [9.17, 15) is 0 Å². The molecule has 0 spiro atoms. The summed E-state index contributed by atoms with van der Waals surface area (Å²) in [6, 6.07) is 0. The monoisotopic (exact) mass is 738 g/mol. The van der Waals surface area contributed by atoms with Gasteiger partial charge in [-0.3, -0.25) is 0 Å². The average Bonchev–Trinajstić information content (AvgIpc) is 2.72. The molecule has 0 N–H and O–H groups in total. The summed E-state index contributed by atoms with van der Waals surface area (Å²) >= 11 is 0. The summed E-state index contributed by atoms with van der Waals surface area (Å²) in [4.78, 5) is 0. The highest BCUT2D eigenvalue weighted by molar-refractivity contribution is 9.10. The summed E-state index contributed by atoms with van der Waals surface area (Å²) in [5, 5.41) is 0. The van der Waals surface area contributed by atoms with Crippen molar-refractivity contribution in [1.82, 2.24) is 0 Å². The molecule has 0 unspecified atom stereocenters. The Morgan fingerprint density at radius 2 is 0.439 bits per heavy atom. The minimum Gasteiger partial charge on any atom is -0.418 e. The fourth-order valence-electron chi connectivity index (χ4n) is 2.64. The van der Waals surface area contributed by atoms with E-state index >= 15 is 0 Å². The van der Waals surface area contributed by atoms with E-state index < -0.39 is 58.6 Å². The second-order valence-electron chi connectivity index (χ2n) is 17.0. The van der Waals surface area contributed by atoms with Crippen molar-refractivity contribution >= 4 is 90.0 Å². The molecule has 0 heterocycles. The lowest BCUT2D eigenvalue weighted by atomic mass is 10.2. The highest BCUT2D eigenvalue weighted by atomic mass is 33.5. The molecule has 41 heavy (non-hydrogen) atoms. The number of hydrogen-bond donors (Lipinski definition) is 0. The molecule has 0 atom stereocenters. The van der Waals surface area contributed by atoms with Gasteiger partial charge < -0.3 is 26.6 Å². The maximum Gasteiger partial charge on any atom is 0.177 e. The van der Waals surface area contributed by atoms with Gasteiger partial charge in [0, 0.05) is 33.6 Å². The molecule has 0 aliphatic heterocycles. The molecular formula is C26H66O6S3Si6. The second-order valence-corrected chi connectivity index (χ2v) is 42.5. The predicted octanol–water partition coefficient (Wildman–Crippen LogP) is 3.63. The maximum atomic E-state index is 6.64. The highest BCUT2D eigenvalue weighted by Gasteiger charge is 2.43. The van der Waals surface area contributed by atoms with Crippen molar-refractivity contribution in [2.45, 2.75) is 165 Å². The molecule has 6 nitrogen and oxygen atoms in total. The van der Waals surface area contributed by atoms with Crippen LogP contribution in [0.15, 0.2) is 0 Å². The van der Waals surface area contributed by atoms with E-state index in [-0.39, 0.29) is 40.8 Å². The predicted molar refractivity (Wildman–Crippen MR) is 205 cm³/mol. The molecule has 0 aromatic rings. The zero-order valence-electron chi connectivity index (χ0n) is 29.9. The minimum atomic E-state index is -0.947. The Kier molecular flexibility index (Phi) is 17.7. The van der Waals surface area contributed by atoms with Crippen LogP contribution in [0.4, 0.5) is 0 Å². The van der Waals surface area contributed by atoms with Crippen LogP contribution in [0, 0.1) is 0 Å². The Bertz CT molecular complexity index is 601. The van der Waals surface area contributed by atoms with Gasteiger partial charge in [-0.15, -0.1) is 0 Å². The van der Waals surface area contributed by atoms with Crippen LogP contribution in [-0.2, 0) is 26.6 Å². The summed E-state index contributed by atoms with van der Waals surface area (Å²) in [7, 11) is 0.266. The molecule has 248 valence electrons. The van der Waals surface area contributed by atoms with Gasteiger partial charge >= 0.3 is 0 Å². The van der Waals surface area contributed by atoms with Gasteiger partial charge in [-0.25, -0.2) is 0 Å². The third-order valence-corrected chi connectivity index (χ3v) is 34.7.